The van der Waals surface area contributed by atoms with E-state index in [1.165, 1.54) is 29.5 Å². The lowest BCUT2D eigenvalue weighted by atomic mass is 10.1. The summed E-state index contributed by atoms with van der Waals surface area (Å²) in [5.41, 5.74) is 2.25. The molecule has 1 nitrogen and oxygen atoms in total. The molecule has 0 N–H and O–H groups in total. The molecule has 1 atom stereocenters. The Morgan fingerprint density at radius 1 is 1.40 bits per heavy atom. The molecule has 1 rings (SSSR count). The molecule has 0 bridgehead atoms. The zero-order valence-electron chi connectivity index (χ0n) is 6.89. The van der Waals surface area contributed by atoms with Crippen LogP contribution >= 0.6 is 0 Å². The molecule has 10 heavy (non-hydrogen) atoms. The first-order valence-corrected chi connectivity index (χ1v) is 6.20. The van der Waals surface area contributed by atoms with Gasteiger partial charge in [-0.25, -0.2) is 0 Å². The third-order valence-corrected chi connectivity index (χ3v) is 3.47. The standard InChI is InChI=1S/C7H16OSi2/c9-6-4-7(10)3-1-2-5-8-7/h4,6H,1-3,5H2,9-10H3. The summed E-state index contributed by atoms with van der Waals surface area (Å²) in [7, 11) is 2.32. The molecular weight excluding hydrogens is 156 g/mol. The van der Waals surface area contributed by atoms with E-state index in [0.717, 1.165) is 16.8 Å². The van der Waals surface area contributed by atoms with E-state index in [0.29, 0.717) is 0 Å². The largest absolute Gasteiger partial charge is 0.376 e. The molecule has 1 heterocycles. The van der Waals surface area contributed by atoms with Gasteiger partial charge in [-0.3, -0.25) is 0 Å². The van der Waals surface area contributed by atoms with Crippen molar-refractivity contribution < 1.29 is 4.74 Å². The lowest BCUT2D eigenvalue weighted by Gasteiger charge is -2.31. The van der Waals surface area contributed by atoms with Gasteiger partial charge in [0.1, 0.15) is 0 Å². The topological polar surface area (TPSA) is 9.23 Å². The normalized spacial score (nSPS) is 35.6. The highest BCUT2D eigenvalue weighted by atomic mass is 28.1. The SMILES string of the molecule is [SiH3]C=CC1([SiH3])CCCCO1. The molecule has 1 saturated heterocycles. The highest BCUT2D eigenvalue weighted by molar-refractivity contribution is 6.20. The van der Waals surface area contributed by atoms with E-state index < -0.39 is 0 Å². The van der Waals surface area contributed by atoms with Gasteiger partial charge in [-0.2, -0.15) is 0 Å². The van der Waals surface area contributed by atoms with Gasteiger partial charge in [0.2, 0.25) is 0 Å². The molecule has 1 aliphatic rings. The summed E-state index contributed by atoms with van der Waals surface area (Å²) in [6.07, 6.45) is 6.16. The lowest BCUT2D eigenvalue weighted by Crippen LogP contribution is -2.34. The Morgan fingerprint density at radius 2 is 2.20 bits per heavy atom. The Balaban J connectivity index is 2.48. The van der Waals surface area contributed by atoms with Crippen LogP contribution in [0.15, 0.2) is 11.8 Å². The number of rotatable bonds is 1. The van der Waals surface area contributed by atoms with Crippen molar-refractivity contribution in [1.29, 1.82) is 0 Å². The minimum Gasteiger partial charge on any atom is -0.376 e. The Labute approximate surface area is 68.7 Å². The molecule has 0 aromatic carbocycles. The molecule has 1 aliphatic heterocycles. The van der Waals surface area contributed by atoms with Crippen LogP contribution in [0.5, 0.6) is 0 Å². The van der Waals surface area contributed by atoms with Crippen LogP contribution in [0.1, 0.15) is 19.3 Å². The lowest BCUT2D eigenvalue weighted by molar-refractivity contribution is 0.0155. The predicted molar refractivity (Wildman–Crippen MR) is 51.6 cm³/mol. The molecule has 58 valence electrons. The van der Waals surface area contributed by atoms with Crippen molar-refractivity contribution in [2.24, 2.45) is 0 Å². The molecular formula is C7H16OSi2. The summed E-state index contributed by atoms with van der Waals surface area (Å²) in [6, 6.07) is 0. The molecule has 0 amide bonds. The molecule has 0 spiro atoms. The zero-order valence-corrected chi connectivity index (χ0v) is 10.9. The summed E-state index contributed by atoms with van der Waals surface area (Å²) in [6.45, 7) is 0.982. The maximum Gasteiger partial charge on any atom is 0.0652 e. The van der Waals surface area contributed by atoms with E-state index >= 15 is 0 Å². The molecule has 1 fully saturated rings. The fraction of sp³-hybridized carbons (Fsp3) is 0.714. The second-order valence-electron chi connectivity index (χ2n) is 3.12. The number of hydrogen-bond acceptors (Lipinski definition) is 1. The van der Waals surface area contributed by atoms with E-state index in [-0.39, 0.29) is 5.22 Å². The minimum atomic E-state index is 0.222. The van der Waals surface area contributed by atoms with Gasteiger partial charge >= 0.3 is 0 Å². The van der Waals surface area contributed by atoms with Crippen molar-refractivity contribution >= 4 is 20.5 Å². The smallest absolute Gasteiger partial charge is 0.0652 e. The molecule has 0 radical (unpaired) electrons. The van der Waals surface area contributed by atoms with Crippen molar-refractivity contribution in [2.75, 3.05) is 6.61 Å². The maximum absolute atomic E-state index is 5.70. The van der Waals surface area contributed by atoms with Gasteiger partial charge in [-0.15, -0.1) is 5.70 Å². The Bertz CT molecular complexity index is 128. The first kappa shape index (κ1) is 8.23. The monoisotopic (exact) mass is 172 g/mol. The van der Waals surface area contributed by atoms with E-state index in [1.54, 1.807) is 0 Å². The van der Waals surface area contributed by atoms with Gasteiger partial charge in [-0.1, -0.05) is 6.08 Å². The highest BCUT2D eigenvalue weighted by Crippen LogP contribution is 2.22. The van der Waals surface area contributed by atoms with Gasteiger partial charge in [0.25, 0.3) is 0 Å². The van der Waals surface area contributed by atoms with Crippen LogP contribution < -0.4 is 0 Å². The highest BCUT2D eigenvalue weighted by Gasteiger charge is 2.23. The van der Waals surface area contributed by atoms with Crippen LogP contribution in [0.25, 0.3) is 0 Å². The van der Waals surface area contributed by atoms with E-state index in [9.17, 15) is 0 Å². The summed E-state index contributed by atoms with van der Waals surface area (Å²) in [5.74, 6) is 0. The van der Waals surface area contributed by atoms with Gasteiger partial charge in [-0.05, 0) is 19.3 Å². The van der Waals surface area contributed by atoms with Crippen molar-refractivity contribution in [2.45, 2.75) is 24.5 Å². The van der Waals surface area contributed by atoms with Crippen molar-refractivity contribution in [3.05, 3.63) is 11.8 Å². The molecule has 0 aromatic heterocycles. The van der Waals surface area contributed by atoms with Gasteiger partial charge in [0, 0.05) is 27.1 Å². The maximum atomic E-state index is 5.70. The minimum absolute atomic E-state index is 0.222. The molecule has 1 unspecified atom stereocenters. The molecule has 0 aromatic rings. The second kappa shape index (κ2) is 3.50. The molecule has 0 saturated carbocycles. The van der Waals surface area contributed by atoms with Crippen LogP contribution in [0.2, 0.25) is 0 Å². The quantitative estimate of drug-likeness (QED) is 0.467. The van der Waals surface area contributed by atoms with Gasteiger partial charge in [0.05, 0.1) is 5.22 Å². The molecule has 0 aliphatic carbocycles. The summed E-state index contributed by atoms with van der Waals surface area (Å²) in [5, 5.41) is 0.222. The second-order valence-corrected chi connectivity index (χ2v) is 5.48. The first-order chi connectivity index (χ1) is 4.77. The predicted octanol–water partition coefficient (Wildman–Crippen LogP) is -0.872. The number of ether oxygens (including phenoxy) is 1. The fourth-order valence-electron chi connectivity index (χ4n) is 1.44. The third kappa shape index (κ3) is 2.07. The van der Waals surface area contributed by atoms with E-state index in [4.69, 9.17) is 4.74 Å². The summed E-state index contributed by atoms with van der Waals surface area (Å²) in [4.78, 5) is 0. The molecule has 3 heteroatoms. The van der Waals surface area contributed by atoms with E-state index in [1.807, 2.05) is 0 Å². The zero-order chi connectivity index (χ0) is 7.45. The van der Waals surface area contributed by atoms with E-state index in [2.05, 4.69) is 11.8 Å². The average Bonchev–Trinajstić information content (AvgIpc) is 1.89. The van der Waals surface area contributed by atoms with Crippen LogP contribution in [0, 0.1) is 0 Å². The van der Waals surface area contributed by atoms with Crippen molar-refractivity contribution in [3.8, 4) is 0 Å². The Morgan fingerprint density at radius 3 is 2.70 bits per heavy atom. The third-order valence-electron chi connectivity index (χ3n) is 2.02. The van der Waals surface area contributed by atoms with Crippen LogP contribution in [0.4, 0.5) is 0 Å². The van der Waals surface area contributed by atoms with Crippen molar-refractivity contribution in [1.82, 2.24) is 0 Å². The number of hydrogen-bond donors (Lipinski definition) is 0. The van der Waals surface area contributed by atoms with Gasteiger partial charge < -0.3 is 4.74 Å². The van der Waals surface area contributed by atoms with Crippen molar-refractivity contribution in [3.63, 3.8) is 0 Å². The Hall–Kier alpha value is 0.134. The van der Waals surface area contributed by atoms with Crippen LogP contribution in [-0.2, 0) is 4.74 Å². The summed E-state index contributed by atoms with van der Waals surface area (Å²) < 4.78 is 5.70. The van der Waals surface area contributed by atoms with Gasteiger partial charge in [0.15, 0.2) is 0 Å². The fourth-order valence-corrected chi connectivity index (χ4v) is 3.70. The first-order valence-electron chi connectivity index (χ1n) is 4.05. The average molecular weight is 172 g/mol. The van der Waals surface area contributed by atoms with Crippen LogP contribution in [0.3, 0.4) is 0 Å². The van der Waals surface area contributed by atoms with Crippen LogP contribution in [-0.4, -0.2) is 32.3 Å². The summed E-state index contributed by atoms with van der Waals surface area (Å²) >= 11 is 0. The Kier molecular flexibility index (Phi) is 2.88.